The molecule has 0 bridgehead atoms. The van der Waals surface area contributed by atoms with Gasteiger partial charge in [-0.3, -0.25) is 4.79 Å². The van der Waals surface area contributed by atoms with Crippen LogP contribution in [0.3, 0.4) is 0 Å². The summed E-state index contributed by atoms with van der Waals surface area (Å²) >= 11 is 0. The van der Waals surface area contributed by atoms with Crippen LogP contribution in [0.5, 0.6) is 0 Å². The monoisotopic (exact) mass is 311 g/mol. The van der Waals surface area contributed by atoms with E-state index in [1.165, 1.54) is 5.56 Å². The molecule has 4 nitrogen and oxygen atoms in total. The molecule has 1 aromatic carbocycles. The summed E-state index contributed by atoms with van der Waals surface area (Å²) < 4.78 is 0. The van der Waals surface area contributed by atoms with Gasteiger partial charge in [-0.25, -0.2) is 4.98 Å². The van der Waals surface area contributed by atoms with Crippen molar-refractivity contribution >= 4 is 17.4 Å². The fraction of sp³-hybridized carbons (Fsp3) is 0.368. The molecular formula is C19H25N3O. The van der Waals surface area contributed by atoms with E-state index in [0.29, 0.717) is 18.2 Å². The van der Waals surface area contributed by atoms with Crippen LogP contribution in [0.2, 0.25) is 0 Å². The summed E-state index contributed by atoms with van der Waals surface area (Å²) in [6.07, 6.45) is 2.33. The van der Waals surface area contributed by atoms with E-state index in [2.05, 4.69) is 46.4 Å². The largest absolute Gasteiger partial charge is 0.366 e. The number of amides is 1. The van der Waals surface area contributed by atoms with Crippen LogP contribution in [0.1, 0.15) is 32.8 Å². The minimum absolute atomic E-state index is 0.0110. The SMILES string of the molecule is CCN(Cc1ccccc1)c1ccc(NC(=O)CC(C)C)nc1. The topological polar surface area (TPSA) is 45.2 Å². The third-order valence-electron chi connectivity index (χ3n) is 3.57. The van der Waals surface area contributed by atoms with E-state index in [0.717, 1.165) is 18.8 Å². The van der Waals surface area contributed by atoms with Crippen LogP contribution in [-0.2, 0) is 11.3 Å². The van der Waals surface area contributed by atoms with Crippen molar-refractivity contribution < 1.29 is 4.79 Å². The van der Waals surface area contributed by atoms with Crippen molar-refractivity contribution in [1.82, 2.24) is 4.98 Å². The predicted molar refractivity (Wildman–Crippen MR) is 95.5 cm³/mol. The van der Waals surface area contributed by atoms with Crippen LogP contribution >= 0.6 is 0 Å². The Labute approximate surface area is 138 Å². The molecule has 0 saturated heterocycles. The highest BCUT2D eigenvalue weighted by atomic mass is 16.1. The zero-order valence-corrected chi connectivity index (χ0v) is 14.1. The molecular weight excluding hydrogens is 286 g/mol. The first-order valence-corrected chi connectivity index (χ1v) is 8.13. The molecule has 2 rings (SSSR count). The fourth-order valence-electron chi connectivity index (χ4n) is 2.40. The van der Waals surface area contributed by atoms with E-state index in [1.54, 1.807) is 0 Å². The van der Waals surface area contributed by atoms with Gasteiger partial charge in [0, 0.05) is 19.5 Å². The maximum absolute atomic E-state index is 11.8. The first-order chi connectivity index (χ1) is 11.1. The molecule has 122 valence electrons. The van der Waals surface area contributed by atoms with Gasteiger partial charge < -0.3 is 10.2 Å². The zero-order valence-electron chi connectivity index (χ0n) is 14.1. The van der Waals surface area contributed by atoms with Crippen molar-refractivity contribution in [2.24, 2.45) is 5.92 Å². The molecule has 1 amide bonds. The van der Waals surface area contributed by atoms with Crippen molar-refractivity contribution in [3.8, 4) is 0 Å². The third kappa shape index (κ3) is 5.40. The average Bonchev–Trinajstić information content (AvgIpc) is 2.53. The molecule has 0 aliphatic carbocycles. The number of rotatable bonds is 7. The molecule has 1 heterocycles. The van der Waals surface area contributed by atoms with Gasteiger partial charge in [-0.1, -0.05) is 44.2 Å². The van der Waals surface area contributed by atoms with Crippen LogP contribution < -0.4 is 10.2 Å². The summed E-state index contributed by atoms with van der Waals surface area (Å²) in [7, 11) is 0. The average molecular weight is 311 g/mol. The number of carbonyl (C=O) groups excluding carboxylic acids is 1. The molecule has 0 aliphatic heterocycles. The summed E-state index contributed by atoms with van der Waals surface area (Å²) in [6, 6.07) is 14.2. The lowest BCUT2D eigenvalue weighted by Gasteiger charge is -2.23. The molecule has 1 N–H and O–H groups in total. The van der Waals surface area contributed by atoms with Gasteiger partial charge in [0.25, 0.3) is 0 Å². The lowest BCUT2D eigenvalue weighted by atomic mass is 10.1. The normalized spacial score (nSPS) is 10.6. The number of pyridine rings is 1. The fourth-order valence-corrected chi connectivity index (χ4v) is 2.40. The van der Waals surface area contributed by atoms with E-state index in [-0.39, 0.29) is 5.91 Å². The Morgan fingerprint density at radius 3 is 2.48 bits per heavy atom. The molecule has 0 aliphatic rings. The van der Waals surface area contributed by atoms with Crippen molar-refractivity contribution in [3.63, 3.8) is 0 Å². The zero-order chi connectivity index (χ0) is 16.7. The van der Waals surface area contributed by atoms with Crippen LogP contribution in [0.4, 0.5) is 11.5 Å². The number of anilines is 2. The molecule has 0 unspecified atom stereocenters. The second-order valence-electron chi connectivity index (χ2n) is 6.05. The summed E-state index contributed by atoms with van der Waals surface area (Å²) in [5.41, 5.74) is 2.32. The number of hydrogen-bond donors (Lipinski definition) is 1. The number of hydrogen-bond acceptors (Lipinski definition) is 3. The van der Waals surface area contributed by atoms with Gasteiger partial charge in [-0.05, 0) is 30.5 Å². The number of nitrogens with zero attached hydrogens (tertiary/aromatic N) is 2. The number of carbonyl (C=O) groups is 1. The Morgan fingerprint density at radius 1 is 1.17 bits per heavy atom. The van der Waals surface area contributed by atoms with E-state index >= 15 is 0 Å². The maximum atomic E-state index is 11.8. The third-order valence-corrected chi connectivity index (χ3v) is 3.57. The standard InChI is InChI=1S/C19H25N3O/c1-4-22(14-16-8-6-5-7-9-16)17-10-11-18(20-13-17)21-19(23)12-15(2)3/h5-11,13,15H,4,12,14H2,1-3H3,(H,20,21,23). The number of aromatic nitrogens is 1. The van der Waals surface area contributed by atoms with Crippen molar-refractivity contribution in [2.45, 2.75) is 33.7 Å². The van der Waals surface area contributed by atoms with E-state index in [1.807, 2.05) is 38.2 Å². The summed E-state index contributed by atoms with van der Waals surface area (Å²) in [5.74, 6) is 0.961. The van der Waals surface area contributed by atoms with E-state index in [4.69, 9.17) is 0 Å². The Hall–Kier alpha value is -2.36. The van der Waals surface area contributed by atoms with Crippen LogP contribution in [0.25, 0.3) is 0 Å². The lowest BCUT2D eigenvalue weighted by molar-refractivity contribution is -0.116. The molecule has 0 spiro atoms. The van der Waals surface area contributed by atoms with Gasteiger partial charge in [0.05, 0.1) is 11.9 Å². The Bertz CT molecular complexity index is 608. The van der Waals surface area contributed by atoms with Gasteiger partial charge in [0.1, 0.15) is 5.82 Å². The highest BCUT2D eigenvalue weighted by Gasteiger charge is 2.08. The van der Waals surface area contributed by atoms with Gasteiger partial charge >= 0.3 is 0 Å². The van der Waals surface area contributed by atoms with Crippen LogP contribution in [-0.4, -0.2) is 17.4 Å². The second kappa shape index (κ2) is 8.32. The highest BCUT2D eigenvalue weighted by molar-refractivity contribution is 5.89. The first kappa shape index (κ1) is 17.0. The van der Waals surface area contributed by atoms with Crippen LogP contribution in [0, 0.1) is 5.92 Å². The summed E-state index contributed by atoms with van der Waals surface area (Å²) in [4.78, 5) is 18.4. The lowest BCUT2D eigenvalue weighted by Crippen LogP contribution is -2.22. The van der Waals surface area contributed by atoms with Gasteiger partial charge in [0.15, 0.2) is 0 Å². The van der Waals surface area contributed by atoms with Crippen molar-refractivity contribution in [2.75, 3.05) is 16.8 Å². The van der Waals surface area contributed by atoms with Crippen LogP contribution in [0.15, 0.2) is 48.7 Å². The van der Waals surface area contributed by atoms with Crippen molar-refractivity contribution in [1.29, 1.82) is 0 Å². The molecule has 2 aromatic rings. The summed E-state index contributed by atoms with van der Waals surface area (Å²) in [6.45, 7) is 7.92. The second-order valence-corrected chi connectivity index (χ2v) is 6.05. The predicted octanol–water partition coefficient (Wildman–Crippen LogP) is 4.09. The molecule has 0 fully saturated rings. The minimum Gasteiger partial charge on any atom is -0.366 e. The van der Waals surface area contributed by atoms with E-state index in [9.17, 15) is 4.79 Å². The first-order valence-electron chi connectivity index (χ1n) is 8.13. The van der Waals surface area contributed by atoms with Gasteiger partial charge in [0.2, 0.25) is 5.91 Å². The number of benzene rings is 1. The van der Waals surface area contributed by atoms with Gasteiger partial charge in [-0.15, -0.1) is 0 Å². The molecule has 0 atom stereocenters. The molecule has 0 saturated carbocycles. The number of nitrogens with one attached hydrogen (secondary N) is 1. The molecule has 23 heavy (non-hydrogen) atoms. The maximum Gasteiger partial charge on any atom is 0.225 e. The molecule has 0 radical (unpaired) electrons. The Balaban J connectivity index is 2.01. The summed E-state index contributed by atoms with van der Waals surface area (Å²) in [5, 5.41) is 2.84. The highest BCUT2D eigenvalue weighted by Crippen LogP contribution is 2.18. The molecule has 1 aromatic heterocycles. The Kier molecular flexibility index (Phi) is 6.15. The smallest absolute Gasteiger partial charge is 0.225 e. The Morgan fingerprint density at radius 2 is 1.91 bits per heavy atom. The van der Waals surface area contributed by atoms with Gasteiger partial charge in [-0.2, -0.15) is 0 Å². The minimum atomic E-state index is 0.0110. The quantitative estimate of drug-likeness (QED) is 0.837. The van der Waals surface area contributed by atoms with E-state index < -0.39 is 0 Å². The molecule has 4 heteroatoms. The van der Waals surface area contributed by atoms with Crippen molar-refractivity contribution in [3.05, 3.63) is 54.2 Å².